The van der Waals surface area contributed by atoms with Crippen LogP contribution in [0.2, 0.25) is 0 Å². The number of amides is 1. The van der Waals surface area contributed by atoms with Gasteiger partial charge in [0.2, 0.25) is 6.41 Å². The molecule has 3 nitrogen and oxygen atoms in total. The smallest absolute Gasteiger partial charge is 0.342 e. The van der Waals surface area contributed by atoms with Gasteiger partial charge in [-0.15, -0.1) is 0 Å². The molecular weight excluding hydrogens is 209 g/mol. The Balaban J connectivity index is 3.02. The Morgan fingerprint density at radius 2 is 2.20 bits per heavy atom. The molecule has 6 heteroatoms. The first-order chi connectivity index (χ1) is 6.95. The zero-order valence-electron chi connectivity index (χ0n) is 7.95. The van der Waals surface area contributed by atoms with Crippen molar-refractivity contribution in [3.05, 3.63) is 29.6 Å². The third-order valence-electron chi connectivity index (χ3n) is 1.77. The molecule has 1 aromatic heterocycles. The summed E-state index contributed by atoms with van der Waals surface area (Å²) in [5.41, 5.74) is -0.960. The van der Waals surface area contributed by atoms with E-state index in [1.807, 2.05) is 0 Å². The lowest BCUT2D eigenvalue weighted by atomic mass is 10.2. The lowest BCUT2D eigenvalue weighted by Crippen LogP contribution is -2.20. The van der Waals surface area contributed by atoms with Crippen molar-refractivity contribution in [1.82, 2.24) is 9.88 Å². The minimum atomic E-state index is -4.44. The molecule has 82 valence electrons. The van der Waals surface area contributed by atoms with Crippen LogP contribution in [0.1, 0.15) is 11.3 Å². The van der Waals surface area contributed by atoms with Gasteiger partial charge in [-0.25, -0.2) is 0 Å². The highest BCUT2D eigenvalue weighted by Crippen LogP contribution is 2.31. The maximum Gasteiger partial charge on any atom is 0.418 e. The summed E-state index contributed by atoms with van der Waals surface area (Å²) in [6.45, 7) is -0.154. The Labute approximate surface area is 84.5 Å². The van der Waals surface area contributed by atoms with Crippen LogP contribution in [0.4, 0.5) is 13.2 Å². The van der Waals surface area contributed by atoms with Crippen molar-refractivity contribution in [2.75, 3.05) is 7.05 Å². The molecule has 0 N–H and O–H groups in total. The Hall–Kier alpha value is -1.59. The molecule has 0 radical (unpaired) electrons. The van der Waals surface area contributed by atoms with Crippen LogP contribution in [0, 0.1) is 0 Å². The van der Waals surface area contributed by atoms with Crippen LogP contribution < -0.4 is 0 Å². The maximum absolute atomic E-state index is 12.5. The van der Waals surface area contributed by atoms with E-state index in [9.17, 15) is 18.0 Å². The first kappa shape index (κ1) is 11.5. The van der Waals surface area contributed by atoms with Crippen LogP contribution in [0.25, 0.3) is 0 Å². The lowest BCUT2D eigenvalue weighted by Gasteiger charge is -2.14. The summed E-state index contributed by atoms with van der Waals surface area (Å²) < 4.78 is 37.4. The molecule has 0 aromatic carbocycles. The quantitative estimate of drug-likeness (QED) is 0.723. The van der Waals surface area contributed by atoms with Crippen LogP contribution in [0.3, 0.4) is 0 Å². The minimum Gasteiger partial charge on any atom is -0.342 e. The summed E-state index contributed by atoms with van der Waals surface area (Å²) in [6.07, 6.45) is -2.72. The highest BCUT2D eigenvalue weighted by Gasteiger charge is 2.33. The molecule has 0 atom stereocenters. The Kier molecular flexibility index (Phi) is 3.28. The number of nitrogens with zero attached hydrogens (tertiary/aromatic N) is 2. The molecule has 0 bridgehead atoms. The van der Waals surface area contributed by atoms with Crippen molar-refractivity contribution in [1.29, 1.82) is 0 Å². The van der Waals surface area contributed by atoms with E-state index in [2.05, 4.69) is 4.98 Å². The first-order valence-electron chi connectivity index (χ1n) is 4.11. The maximum atomic E-state index is 12.5. The van der Waals surface area contributed by atoms with Crippen molar-refractivity contribution in [2.24, 2.45) is 0 Å². The van der Waals surface area contributed by atoms with Crippen molar-refractivity contribution in [2.45, 2.75) is 12.7 Å². The number of hydrogen-bond donors (Lipinski definition) is 0. The number of carbonyl (C=O) groups is 1. The molecule has 1 amide bonds. The van der Waals surface area contributed by atoms with Gasteiger partial charge in [0.25, 0.3) is 0 Å². The summed E-state index contributed by atoms with van der Waals surface area (Å²) in [7, 11) is 1.39. The molecule has 1 heterocycles. The van der Waals surface area contributed by atoms with E-state index in [1.165, 1.54) is 19.3 Å². The second-order valence-electron chi connectivity index (χ2n) is 3.02. The van der Waals surface area contributed by atoms with Gasteiger partial charge >= 0.3 is 6.18 Å². The number of carbonyl (C=O) groups excluding carboxylic acids is 1. The SMILES string of the molecule is CN(C=O)Cc1ncccc1C(F)(F)F. The van der Waals surface area contributed by atoms with E-state index >= 15 is 0 Å². The zero-order chi connectivity index (χ0) is 11.5. The van der Waals surface area contributed by atoms with Gasteiger partial charge < -0.3 is 4.90 Å². The Morgan fingerprint density at radius 3 is 2.73 bits per heavy atom. The van der Waals surface area contributed by atoms with Crippen molar-refractivity contribution in [3.63, 3.8) is 0 Å². The fraction of sp³-hybridized carbons (Fsp3) is 0.333. The molecule has 0 aliphatic rings. The highest BCUT2D eigenvalue weighted by atomic mass is 19.4. The van der Waals surface area contributed by atoms with E-state index in [0.717, 1.165) is 11.0 Å². The van der Waals surface area contributed by atoms with Gasteiger partial charge in [0.1, 0.15) is 0 Å². The van der Waals surface area contributed by atoms with Crippen LogP contribution in [0.15, 0.2) is 18.3 Å². The van der Waals surface area contributed by atoms with E-state index in [-0.39, 0.29) is 12.2 Å². The van der Waals surface area contributed by atoms with E-state index in [4.69, 9.17) is 0 Å². The van der Waals surface area contributed by atoms with Gasteiger partial charge in [0.15, 0.2) is 0 Å². The molecule has 0 saturated heterocycles. The Morgan fingerprint density at radius 1 is 1.53 bits per heavy atom. The fourth-order valence-corrected chi connectivity index (χ4v) is 1.10. The number of hydrogen-bond acceptors (Lipinski definition) is 2. The fourth-order valence-electron chi connectivity index (χ4n) is 1.10. The predicted octanol–water partition coefficient (Wildman–Crippen LogP) is 1.69. The second-order valence-corrected chi connectivity index (χ2v) is 3.02. The van der Waals surface area contributed by atoms with Crippen LogP contribution in [-0.2, 0) is 17.5 Å². The molecule has 0 aliphatic heterocycles. The van der Waals surface area contributed by atoms with E-state index in [1.54, 1.807) is 0 Å². The van der Waals surface area contributed by atoms with Gasteiger partial charge in [0, 0.05) is 13.2 Å². The second kappa shape index (κ2) is 4.29. The minimum absolute atomic E-state index is 0.153. The molecule has 15 heavy (non-hydrogen) atoms. The van der Waals surface area contributed by atoms with E-state index < -0.39 is 11.7 Å². The molecule has 0 saturated carbocycles. The zero-order valence-corrected chi connectivity index (χ0v) is 7.95. The number of aromatic nitrogens is 1. The lowest BCUT2D eigenvalue weighted by molar-refractivity contribution is -0.139. The van der Waals surface area contributed by atoms with E-state index in [0.29, 0.717) is 6.41 Å². The summed E-state index contributed by atoms with van der Waals surface area (Å²) in [6, 6.07) is 2.16. The van der Waals surface area contributed by atoms with Crippen molar-refractivity contribution < 1.29 is 18.0 Å². The number of halogens is 3. The molecular formula is C9H9F3N2O. The first-order valence-corrected chi connectivity index (χ1v) is 4.11. The van der Waals surface area contributed by atoms with Gasteiger partial charge in [0.05, 0.1) is 17.8 Å². The van der Waals surface area contributed by atoms with Crippen LogP contribution in [0.5, 0.6) is 0 Å². The van der Waals surface area contributed by atoms with Crippen molar-refractivity contribution in [3.8, 4) is 0 Å². The molecule has 1 rings (SSSR count). The number of alkyl halides is 3. The summed E-state index contributed by atoms with van der Waals surface area (Å²) in [5, 5.41) is 0. The Bertz CT molecular complexity index is 351. The standard InChI is InChI=1S/C9H9F3N2O/c1-14(6-15)5-8-7(9(10,11)12)3-2-4-13-8/h2-4,6H,5H2,1H3. The molecule has 0 aliphatic carbocycles. The third-order valence-corrected chi connectivity index (χ3v) is 1.77. The van der Waals surface area contributed by atoms with Crippen LogP contribution in [-0.4, -0.2) is 23.3 Å². The summed E-state index contributed by atoms with van der Waals surface area (Å²) in [4.78, 5) is 15.0. The van der Waals surface area contributed by atoms with Gasteiger partial charge in [-0.05, 0) is 12.1 Å². The summed E-state index contributed by atoms with van der Waals surface area (Å²) >= 11 is 0. The average molecular weight is 218 g/mol. The third kappa shape index (κ3) is 2.93. The van der Waals surface area contributed by atoms with Gasteiger partial charge in [-0.1, -0.05) is 0 Å². The van der Waals surface area contributed by atoms with Crippen LogP contribution >= 0.6 is 0 Å². The summed E-state index contributed by atoms with van der Waals surface area (Å²) in [5.74, 6) is 0. The molecule has 0 fully saturated rings. The molecule has 1 aromatic rings. The monoisotopic (exact) mass is 218 g/mol. The van der Waals surface area contributed by atoms with Crippen molar-refractivity contribution >= 4 is 6.41 Å². The topological polar surface area (TPSA) is 33.2 Å². The number of pyridine rings is 1. The molecule has 0 unspecified atom stereocenters. The highest BCUT2D eigenvalue weighted by molar-refractivity contribution is 5.46. The normalized spacial score (nSPS) is 11.2. The average Bonchev–Trinajstić information content (AvgIpc) is 2.17. The number of rotatable bonds is 3. The predicted molar refractivity (Wildman–Crippen MR) is 46.8 cm³/mol. The molecule has 0 spiro atoms. The largest absolute Gasteiger partial charge is 0.418 e. The van der Waals surface area contributed by atoms with Gasteiger partial charge in [-0.3, -0.25) is 9.78 Å². The van der Waals surface area contributed by atoms with Gasteiger partial charge in [-0.2, -0.15) is 13.2 Å².